The zero-order chi connectivity index (χ0) is 10.4. The summed E-state index contributed by atoms with van der Waals surface area (Å²) in [6.45, 7) is 1.22. The van der Waals surface area contributed by atoms with E-state index in [-0.39, 0.29) is 0 Å². The Morgan fingerprint density at radius 2 is 2.43 bits per heavy atom. The molecule has 0 fully saturated rings. The number of primary amides is 1. The summed E-state index contributed by atoms with van der Waals surface area (Å²) in [5.41, 5.74) is 4.81. The number of halogens is 1. The van der Waals surface area contributed by atoms with Gasteiger partial charge >= 0.3 is 6.09 Å². The second kappa shape index (κ2) is 5.84. The molecule has 6 heteroatoms. The SMILES string of the molecule is NC(=O)OCCCCn1cc(I)cn1. The molecular weight excluding hydrogens is 297 g/mol. The molecule has 1 rings (SSSR count). The van der Waals surface area contributed by atoms with Gasteiger partial charge in [0.1, 0.15) is 0 Å². The van der Waals surface area contributed by atoms with Crippen LogP contribution in [0.2, 0.25) is 0 Å². The maximum absolute atomic E-state index is 10.2. The fourth-order valence-electron chi connectivity index (χ4n) is 1.01. The monoisotopic (exact) mass is 309 g/mol. The van der Waals surface area contributed by atoms with Gasteiger partial charge in [0.15, 0.2) is 0 Å². The lowest BCUT2D eigenvalue weighted by atomic mass is 10.3. The molecule has 14 heavy (non-hydrogen) atoms. The third-order valence-corrected chi connectivity index (χ3v) is 2.18. The lowest BCUT2D eigenvalue weighted by Crippen LogP contribution is -2.14. The molecule has 1 aromatic rings. The van der Waals surface area contributed by atoms with Crippen LogP contribution in [-0.2, 0) is 11.3 Å². The number of unbranched alkanes of at least 4 members (excludes halogenated alkanes) is 1. The van der Waals surface area contributed by atoms with Gasteiger partial charge in [-0.15, -0.1) is 0 Å². The lowest BCUT2D eigenvalue weighted by Gasteiger charge is -2.01. The van der Waals surface area contributed by atoms with E-state index in [9.17, 15) is 4.79 Å². The van der Waals surface area contributed by atoms with Crippen LogP contribution in [0.5, 0.6) is 0 Å². The van der Waals surface area contributed by atoms with Crippen LogP contribution in [0.15, 0.2) is 12.4 Å². The number of nitrogens with two attached hydrogens (primary N) is 1. The maximum Gasteiger partial charge on any atom is 0.404 e. The van der Waals surface area contributed by atoms with E-state index < -0.39 is 6.09 Å². The molecule has 1 aromatic heterocycles. The smallest absolute Gasteiger partial charge is 0.404 e. The highest BCUT2D eigenvalue weighted by atomic mass is 127. The molecule has 0 atom stereocenters. The number of hydrogen-bond donors (Lipinski definition) is 1. The molecule has 1 heterocycles. The lowest BCUT2D eigenvalue weighted by molar-refractivity contribution is 0.154. The van der Waals surface area contributed by atoms with Crippen LogP contribution in [0, 0.1) is 3.57 Å². The summed E-state index contributed by atoms with van der Waals surface area (Å²) >= 11 is 2.21. The van der Waals surface area contributed by atoms with E-state index >= 15 is 0 Å². The number of nitrogens with zero attached hydrogens (tertiary/aromatic N) is 2. The largest absolute Gasteiger partial charge is 0.450 e. The number of rotatable bonds is 5. The van der Waals surface area contributed by atoms with Crippen molar-refractivity contribution in [2.45, 2.75) is 19.4 Å². The van der Waals surface area contributed by atoms with Crippen molar-refractivity contribution >= 4 is 28.7 Å². The minimum Gasteiger partial charge on any atom is -0.450 e. The van der Waals surface area contributed by atoms with Gasteiger partial charge in [0.05, 0.1) is 16.4 Å². The molecule has 0 saturated heterocycles. The minimum atomic E-state index is -0.710. The Labute approximate surface area is 95.7 Å². The second-order valence-corrected chi connectivity index (χ2v) is 4.04. The molecule has 0 bridgehead atoms. The first kappa shape index (κ1) is 11.3. The van der Waals surface area contributed by atoms with Gasteiger partial charge in [0.25, 0.3) is 0 Å². The van der Waals surface area contributed by atoms with Crippen LogP contribution in [0.25, 0.3) is 0 Å². The Balaban J connectivity index is 2.07. The fourth-order valence-corrected chi connectivity index (χ4v) is 1.46. The van der Waals surface area contributed by atoms with Crippen molar-refractivity contribution in [2.24, 2.45) is 5.73 Å². The zero-order valence-corrected chi connectivity index (χ0v) is 9.81. The highest BCUT2D eigenvalue weighted by Crippen LogP contribution is 2.02. The highest BCUT2D eigenvalue weighted by Gasteiger charge is 1.96. The predicted molar refractivity (Wildman–Crippen MR) is 59.7 cm³/mol. The number of ether oxygens (including phenoxy) is 1. The average Bonchev–Trinajstić information content (AvgIpc) is 2.50. The fraction of sp³-hybridized carbons (Fsp3) is 0.500. The van der Waals surface area contributed by atoms with Gasteiger partial charge in [-0.3, -0.25) is 4.68 Å². The van der Waals surface area contributed by atoms with Crippen LogP contribution in [-0.4, -0.2) is 22.5 Å². The molecule has 5 nitrogen and oxygen atoms in total. The Bertz CT molecular complexity index is 301. The van der Waals surface area contributed by atoms with Crippen molar-refractivity contribution in [1.82, 2.24) is 9.78 Å². The normalized spacial score (nSPS) is 10.1. The first-order valence-corrected chi connectivity index (χ1v) is 5.36. The van der Waals surface area contributed by atoms with Crippen LogP contribution in [0.1, 0.15) is 12.8 Å². The van der Waals surface area contributed by atoms with Crippen molar-refractivity contribution in [3.05, 3.63) is 16.0 Å². The molecular formula is C8H12IN3O2. The van der Waals surface area contributed by atoms with E-state index in [4.69, 9.17) is 5.73 Å². The number of carbonyl (C=O) groups excluding carboxylic acids is 1. The zero-order valence-electron chi connectivity index (χ0n) is 7.65. The van der Waals surface area contributed by atoms with Gasteiger partial charge in [-0.1, -0.05) is 0 Å². The highest BCUT2D eigenvalue weighted by molar-refractivity contribution is 14.1. The van der Waals surface area contributed by atoms with Crippen LogP contribution in [0.3, 0.4) is 0 Å². The van der Waals surface area contributed by atoms with E-state index in [1.807, 2.05) is 10.9 Å². The van der Waals surface area contributed by atoms with E-state index in [0.29, 0.717) is 6.61 Å². The molecule has 0 aliphatic heterocycles. The first-order valence-electron chi connectivity index (χ1n) is 4.28. The van der Waals surface area contributed by atoms with Crippen LogP contribution in [0.4, 0.5) is 4.79 Å². The average molecular weight is 309 g/mol. The summed E-state index contributed by atoms with van der Waals surface area (Å²) in [4.78, 5) is 10.2. The van der Waals surface area contributed by atoms with Gasteiger partial charge in [0.2, 0.25) is 0 Å². The molecule has 0 saturated carbocycles. The molecule has 0 radical (unpaired) electrons. The third kappa shape index (κ3) is 4.45. The Kier molecular flexibility index (Phi) is 4.71. The molecule has 0 aliphatic carbocycles. The first-order chi connectivity index (χ1) is 6.68. The minimum absolute atomic E-state index is 0.383. The molecule has 78 valence electrons. The van der Waals surface area contributed by atoms with Gasteiger partial charge in [-0.2, -0.15) is 5.10 Å². The summed E-state index contributed by atoms with van der Waals surface area (Å²) in [5.74, 6) is 0. The topological polar surface area (TPSA) is 70.1 Å². The second-order valence-electron chi connectivity index (χ2n) is 2.80. The standard InChI is InChI=1S/C8H12IN3O2/c9-7-5-11-12(6-7)3-1-2-4-14-8(10)13/h5-6H,1-4H2,(H2,10,13). The van der Waals surface area contributed by atoms with Crippen molar-refractivity contribution in [2.75, 3.05) is 6.61 Å². The van der Waals surface area contributed by atoms with Crippen molar-refractivity contribution in [1.29, 1.82) is 0 Å². The Morgan fingerprint density at radius 3 is 3.00 bits per heavy atom. The molecule has 2 N–H and O–H groups in total. The van der Waals surface area contributed by atoms with E-state index in [0.717, 1.165) is 23.0 Å². The van der Waals surface area contributed by atoms with E-state index in [1.54, 1.807) is 6.20 Å². The summed E-state index contributed by atoms with van der Waals surface area (Å²) in [5, 5.41) is 4.13. The van der Waals surface area contributed by atoms with Crippen LogP contribution >= 0.6 is 22.6 Å². The number of carbonyl (C=O) groups is 1. The van der Waals surface area contributed by atoms with E-state index in [2.05, 4.69) is 32.4 Å². The Morgan fingerprint density at radius 1 is 1.64 bits per heavy atom. The third-order valence-electron chi connectivity index (χ3n) is 1.63. The summed E-state index contributed by atoms with van der Waals surface area (Å²) in [7, 11) is 0. The van der Waals surface area contributed by atoms with Crippen molar-refractivity contribution in [3.8, 4) is 0 Å². The maximum atomic E-state index is 10.2. The summed E-state index contributed by atoms with van der Waals surface area (Å²) in [6.07, 6.45) is 4.79. The van der Waals surface area contributed by atoms with Gasteiger partial charge < -0.3 is 10.5 Å². The number of hydrogen-bond acceptors (Lipinski definition) is 3. The molecule has 0 aliphatic rings. The van der Waals surface area contributed by atoms with Gasteiger partial charge in [0, 0.05) is 12.7 Å². The van der Waals surface area contributed by atoms with Crippen molar-refractivity contribution in [3.63, 3.8) is 0 Å². The summed E-state index contributed by atoms with van der Waals surface area (Å²) in [6, 6.07) is 0. The van der Waals surface area contributed by atoms with Crippen molar-refractivity contribution < 1.29 is 9.53 Å². The predicted octanol–water partition coefficient (Wildman–Crippen LogP) is 1.36. The van der Waals surface area contributed by atoms with E-state index in [1.165, 1.54) is 0 Å². The molecule has 0 spiro atoms. The number of aryl methyl sites for hydroxylation is 1. The van der Waals surface area contributed by atoms with Gasteiger partial charge in [-0.05, 0) is 35.4 Å². The van der Waals surface area contributed by atoms with Gasteiger partial charge in [-0.25, -0.2) is 4.79 Å². The number of amides is 1. The molecule has 0 aromatic carbocycles. The number of aromatic nitrogens is 2. The summed E-state index contributed by atoms with van der Waals surface area (Å²) < 4.78 is 7.58. The Hall–Kier alpha value is -0.790. The quantitative estimate of drug-likeness (QED) is 0.659. The molecule has 1 amide bonds. The van der Waals surface area contributed by atoms with Crippen LogP contribution < -0.4 is 5.73 Å². The molecule has 0 unspecified atom stereocenters.